The number of hydrogen-bond donors (Lipinski definition) is 1. The molecule has 0 radical (unpaired) electrons. The van der Waals surface area contributed by atoms with Crippen molar-refractivity contribution in [1.82, 2.24) is 15.1 Å². The highest BCUT2D eigenvalue weighted by Crippen LogP contribution is 2.34. The third kappa shape index (κ3) is 6.61. The van der Waals surface area contributed by atoms with Crippen LogP contribution in [-0.4, -0.2) is 74.8 Å². The highest BCUT2D eigenvalue weighted by molar-refractivity contribution is 7.10. The number of carbonyl (C=O) groups excluding carboxylic acids is 2. The van der Waals surface area contributed by atoms with E-state index in [1.54, 1.807) is 25.6 Å². The smallest absolute Gasteiger partial charge is 0.318 e. The van der Waals surface area contributed by atoms with E-state index >= 15 is 0 Å². The number of methoxy groups -OCH3 is 2. The molecule has 2 heterocycles. The van der Waals surface area contributed by atoms with Crippen LogP contribution in [-0.2, 0) is 16.0 Å². The molecule has 180 valence electrons. The van der Waals surface area contributed by atoms with E-state index < -0.39 is 0 Å². The van der Waals surface area contributed by atoms with Gasteiger partial charge in [-0.15, -0.1) is 11.3 Å². The molecular formula is C24H33N3O5S. The Bertz CT molecular complexity index is 932. The predicted octanol–water partition coefficient (Wildman–Crippen LogP) is 3.33. The average molecular weight is 476 g/mol. The molecule has 33 heavy (non-hydrogen) atoms. The molecule has 1 unspecified atom stereocenters. The summed E-state index contributed by atoms with van der Waals surface area (Å²) in [7, 11) is 3.19. The highest BCUT2D eigenvalue weighted by Gasteiger charge is 2.33. The molecule has 8 nitrogen and oxygen atoms in total. The van der Waals surface area contributed by atoms with E-state index in [1.165, 1.54) is 9.78 Å². The third-order valence-corrected chi connectivity index (χ3v) is 6.45. The summed E-state index contributed by atoms with van der Waals surface area (Å²) in [5.41, 5.74) is 1.11. The molecule has 0 saturated carbocycles. The van der Waals surface area contributed by atoms with Gasteiger partial charge in [0.15, 0.2) is 0 Å². The van der Waals surface area contributed by atoms with Gasteiger partial charge in [0, 0.05) is 37.2 Å². The number of hydrogen-bond acceptors (Lipinski definition) is 6. The Morgan fingerprint density at radius 2 is 2.03 bits per heavy atom. The predicted molar refractivity (Wildman–Crippen MR) is 128 cm³/mol. The van der Waals surface area contributed by atoms with Crippen molar-refractivity contribution < 1.29 is 23.8 Å². The van der Waals surface area contributed by atoms with E-state index in [0.717, 1.165) is 12.0 Å². The number of benzene rings is 1. The van der Waals surface area contributed by atoms with E-state index in [2.05, 4.69) is 16.8 Å². The monoisotopic (exact) mass is 475 g/mol. The second-order valence-electron chi connectivity index (χ2n) is 8.16. The van der Waals surface area contributed by atoms with E-state index in [0.29, 0.717) is 37.8 Å². The average Bonchev–Trinajstić information content (AvgIpc) is 3.28. The van der Waals surface area contributed by atoms with Gasteiger partial charge in [0.05, 0.1) is 19.8 Å². The van der Waals surface area contributed by atoms with Crippen molar-refractivity contribution in [2.75, 3.05) is 47.1 Å². The van der Waals surface area contributed by atoms with Gasteiger partial charge in [-0.1, -0.05) is 6.07 Å². The summed E-state index contributed by atoms with van der Waals surface area (Å²) in [6.45, 7) is 5.36. The molecule has 1 aliphatic heterocycles. The normalized spacial score (nSPS) is 15.2. The second-order valence-corrected chi connectivity index (χ2v) is 9.16. The number of nitrogens with one attached hydrogen (secondary N) is 1. The molecule has 0 aliphatic carbocycles. The summed E-state index contributed by atoms with van der Waals surface area (Å²) in [6, 6.07) is 8.97. The number of fused-ring (bicyclic) bond motifs is 1. The molecule has 1 aromatic heterocycles. The Kier molecular flexibility index (Phi) is 8.96. The first-order valence-corrected chi connectivity index (χ1v) is 12.0. The fraction of sp³-hybridized carbons (Fsp3) is 0.500. The molecule has 1 N–H and O–H groups in total. The van der Waals surface area contributed by atoms with Crippen LogP contribution in [0.5, 0.6) is 11.5 Å². The lowest BCUT2D eigenvalue weighted by atomic mass is 10.0. The molecule has 3 rings (SSSR count). The van der Waals surface area contributed by atoms with Gasteiger partial charge in [0.1, 0.15) is 24.7 Å². The maximum Gasteiger partial charge on any atom is 0.318 e. The van der Waals surface area contributed by atoms with Gasteiger partial charge < -0.3 is 29.3 Å². The van der Waals surface area contributed by atoms with Gasteiger partial charge in [-0.05, 0) is 49.4 Å². The van der Waals surface area contributed by atoms with Crippen LogP contribution in [0.4, 0.5) is 4.79 Å². The zero-order valence-electron chi connectivity index (χ0n) is 19.7. The lowest BCUT2D eigenvalue weighted by Crippen LogP contribution is -2.51. The van der Waals surface area contributed by atoms with Crippen LogP contribution in [0.25, 0.3) is 0 Å². The number of thiophene rings is 1. The topological polar surface area (TPSA) is 80.3 Å². The standard InChI is InChI=1S/C24H33N3O5S/c1-17(2)25-24(29)26(11-12-30-3)15-23(28)27-10-8-22-20(9-13-33-22)21(27)16-32-19-7-5-6-18(14-19)31-4/h5-7,9,13-14,17,21H,8,10-12,15-16H2,1-4H3,(H,25,29). The quantitative estimate of drug-likeness (QED) is 0.570. The number of carbonyl (C=O) groups is 2. The van der Waals surface area contributed by atoms with Gasteiger partial charge >= 0.3 is 6.03 Å². The molecule has 9 heteroatoms. The highest BCUT2D eigenvalue weighted by atomic mass is 32.1. The maximum atomic E-state index is 13.4. The number of ether oxygens (including phenoxy) is 3. The van der Waals surface area contributed by atoms with E-state index in [1.807, 2.05) is 43.0 Å². The van der Waals surface area contributed by atoms with E-state index in [4.69, 9.17) is 14.2 Å². The molecule has 2 aromatic rings. The molecule has 1 aliphatic rings. The summed E-state index contributed by atoms with van der Waals surface area (Å²) in [5, 5.41) is 4.92. The molecule has 0 fully saturated rings. The van der Waals surface area contributed by atoms with Crippen LogP contribution in [0.2, 0.25) is 0 Å². The summed E-state index contributed by atoms with van der Waals surface area (Å²) in [4.78, 5) is 30.7. The molecule has 0 bridgehead atoms. The SMILES string of the molecule is COCCN(CC(=O)N1CCc2sccc2C1COc1cccc(OC)c1)C(=O)NC(C)C. The summed E-state index contributed by atoms with van der Waals surface area (Å²) in [5.74, 6) is 1.29. The molecule has 1 atom stereocenters. The van der Waals surface area contributed by atoms with E-state index in [9.17, 15) is 9.59 Å². The van der Waals surface area contributed by atoms with Crippen LogP contribution in [0.15, 0.2) is 35.7 Å². The van der Waals surface area contributed by atoms with Gasteiger partial charge in [-0.2, -0.15) is 0 Å². The van der Waals surface area contributed by atoms with E-state index in [-0.39, 0.29) is 30.6 Å². The van der Waals surface area contributed by atoms with Crippen molar-refractivity contribution in [2.45, 2.75) is 32.4 Å². The Balaban J connectivity index is 1.75. The van der Waals surface area contributed by atoms with Crippen molar-refractivity contribution in [3.05, 3.63) is 46.2 Å². The Morgan fingerprint density at radius 1 is 1.24 bits per heavy atom. The minimum absolute atomic E-state index is 0.0168. The van der Waals surface area contributed by atoms with Crippen molar-refractivity contribution in [2.24, 2.45) is 0 Å². The van der Waals surface area contributed by atoms with Crippen LogP contribution in [0, 0.1) is 0 Å². The zero-order valence-corrected chi connectivity index (χ0v) is 20.5. The molecule has 1 aromatic carbocycles. The minimum Gasteiger partial charge on any atom is -0.497 e. The van der Waals surface area contributed by atoms with Gasteiger partial charge in [-0.25, -0.2) is 4.79 Å². The fourth-order valence-electron chi connectivity index (χ4n) is 3.79. The Labute approximate surface area is 199 Å². The lowest BCUT2D eigenvalue weighted by molar-refractivity contribution is -0.135. The molecular weight excluding hydrogens is 442 g/mol. The number of nitrogens with zero attached hydrogens (tertiary/aromatic N) is 2. The lowest BCUT2D eigenvalue weighted by Gasteiger charge is -2.37. The molecule has 0 spiro atoms. The van der Waals surface area contributed by atoms with Crippen molar-refractivity contribution in [3.8, 4) is 11.5 Å². The van der Waals surface area contributed by atoms with Gasteiger partial charge in [0.25, 0.3) is 0 Å². The minimum atomic E-state index is -0.271. The van der Waals surface area contributed by atoms with Crippen molar-refractivity contribution in [1.29, 1.82) is 0 Å². The zero-order chi connectivity index (χ0) is 23.8. The van der Waals surface area contributed by atoms with Crippen molar-refractivity contribution >= 4 is 23.3 Å². The summed E-state index contributed by atoms with van der Waals surface area (Å²) >= 11 is 1.70. The van der Waals surface area contributed by atoms with Crippen LogP contribution < -0.4 is 14.8 Å². The largest absolute Gasteiger partial charge is 0.497 e. The Morgan fingerprint density at radius 3 is 2.76 bits per heavy atom. The van der Waals surface area contributed by atoms with Crippen LogP contribution in [0.1, 0.15) is 30.3 Å². The maximum absolute atomic E-state index is 13.4. The van der Waals surface area contributed by atoms with Gasteiger partial charge in [-0.3, -0.25) is 4.79 Å². The van der Waals surface area contributed by atoms with Crippen LogP contribution >= 0.6 is 11.3 Å². The van der Waals surface area contributed by atoms with Crippen molar-refractivity contribution in [3.63, 3.8) is 0 Å². The first-order valence-electron chi connectivity index (χ1n) is 11.1. The number of urea groups is 1. The molecule has 0 saturated heterocycles. The van der Waals surface area contributed by atoms with Gasteiger partial charge in [0.2, 0.25) is 5.91 Å². The number of amides is 3. The first kappa shape index (κ1) is 24.9. The Hall–Kier alpha value is -2.78. The fourth-order valence-corrected chi connectivity index (χ4v) is 4.72. The molecule has 3 amide bonds. The second kappa shape index (κ2) is 11.9. The summed E-state index contributed by atoms with van der Waals surface area (Å²) < 4.78 is 16.5. The summed E-state index contributed by atoms with van der Waals surface area (Å²) in [6.07, 6.45) is 0.796. The van der Waals surface area contributed by atoms with Crippen LogP contribution in [0.3, 0.4) is 0 Å². The third-order valence-electron chi connectivity index (χ3n) is 5.46. The first-order chi connectivity index (χ1) is 15.9. The number of rotatable bonds is 10.